The van der Waals surface area contributed by atoms with Crippen LogP contribution in [0.25, 0.3) is 0 Å². The first kappa shape index (κ1) is 15.4. The molecule has 0 aliphatic carbocycles. The van der Waals surface area contributed by atoms with Crippen LogP contribution in [0.1, 0.15) is 32.6 Å². The predicted octanol–water partition coefficient (Wildman–Crippen LogP) is 0.328. The first-order chi connectivity index (χ1) is 8.45. The SMILES string of the molecule is COCC1CCN(CCCCC(C)(N)C(N)=O)C1. The van der Waals surface area contributed by atoms with E-state index in [9.17, 15) is 4.79 Å². The van der Waals surface area contributed by atoms with Crippen LogP contribution in [0.5, 0.6) is 0 Å². The molecule has 0 bridgehead atoms. The van der Waals surface area contributed by atoms with Gasteiger partial charge in [-0.15, -0.1) is 0 Å². The van der Waals surface area contributed by atoms with Crippen LogP contribution in [0.4, 0.5) is 0 Å². The summed E-state index contributed by atoms with van der Waals surface area (Å²) >= 11 is 0. The summed E-state index contributed by atoms with van der Waals surface area (Å²) in [6.45, 7) is 5.93. The largest absolute Gasteiger partial charge is 0.384 e. The average molecular weight is 257 g/mol. The maximum atomic E-state index is 11.1. The van der Waals surface area contributed by atoms with Crippen molar-refractivity contribution in [2.45, 2.75) is 38.1 Å². The lowest BCUT2D eigenvalue weighted by Gasteiger charge is -2.21. The highest BCUT2D eigenvalue weighted by molar-refractivity contribution is 5.83. The molecule has 1 rings (SSSR count). The Morgan fingerprint density at radius 1 is 1.50 bits per heavy atom. The number of unbranched alkanes of at least 4 members (excludes halogenated alkanes) is 1. The van der Waals surface area contributed by atoms with Crippen molar-refractivity contribution in [3.05, 3.63) is 0 Å². The fraction of sp³-hybridized carbons (Fsp3) is 0.923. The molecule has 0 aromatic rings. The lowest BCUT2D eigenvalue weighted by Crippen LogP contribution is -2.49. The molecule has 1 aliphatic rings. The third-order valence-corrected chi connectivity index (χ3v) is 3.76. The van der Waals surface area contributed by atoms with Gasteiger partial charge in [0.15, 0.2) is 0 Å². The number of nitrogens with zero attached hydrogens (tertiary/aromatic N) is 1. The number of carbonyl (C=O) groups excluding carboxylic acids is 1. The van der Waals surface area contributed by atoms with E-state index in [2.05, 4.69) is 4.90 Å². The maximum Gasteiger partial charge on any atom is 0.237 e. The highest BCUT2D eigenvalue weighted by Crippen LogP contribution is 2.17. The van der Waals surface area contributed by atoms with Crippen molar-refractivity contribution in [2.24, 2.45) is 17.4 Å². The molecule has 18 heavy (non-hydrogen) atoms. The lowest BCUT2D eigenvalue weighted by molar-refractivity contribution is -0.122. The minimum atomic E-state index is -0.858. The number of carbonyl (C=O) groups is 1. The first-order valence-electron chi connectivity index (χ1n) is 6.76. The molecular formula is C13H27N3O2. The molecule has 4 N–H and O–H groups in total. The Labute approximate surface area is 110 Å². The molecular weight excluding hydrogens is 230 g/mol. The van der Waals surface area contributed by atoms with Crippen molar-refractivity contribution in [1.29, 1.82) is 0 Å². The smallest absolute Gasteiger partial charge is 0.237 e. The zero-order chi connectivity index (χ0) is 13.6. The number of hydrogen-bond donors (Lipinski definition) is 2. The molecule has 0 spiro atoms. The fourth-order valence-corrected chi connectivity index (χ4v) is 2.44. The Kier molecular flexibility index (Phi) is 6.05. The van der Waals surface area contributed by atoms with Crippen LogP contribution in [0, 0.1) is 5.92 Å². The van der Waals surface area contributed by atoms with Gasteiger partial charge in [0.2, 0.25) is 5.91 Å². The highest BCUT2D eigenvalue weighted by atomic mass is 16.5. The van der Waals surface area contributed by atoms with E-state index in [0.29, 0.717) is 12.3 Å². The van der Waals surface area contributed by atoms with Crippen molar-refractivity contribution >= 4 is 5.91 Å². The molecule has 106 valence electrons. The van der Waals surface area contributed by atoms with Gasteiger partial charge in [0.25, 0.3) is 0 Å². The lowest BCUT2D eigenvalue weighted by atomic mass is 9.95. The van der Waals surface area contributed by atoms with Crippen molar-refractivity contribution in [2.75, 3.05) is 33.4 Å². The number of methoxy groups -OCH3 is 1. The van der Waals surface area contributed by atoms with Crippen LogP contribution in [0.15, 0.2) is 0 Å². The summed E-state index contributed by atoms with van der Waals surface area (Å²) in [6, 6.07) is 0. The second-order valence-corrected chi connectivity index (χ2v) is 5.65. The first-order valence-corrected chi connectivity index (χ1v) is 6.76. The van der Waals surface area contributed by atoms with Crippen molar-refractivity contribution in [3.63, 3.8) is 0 Å². The van der Waals surface area contributed by atoms with Gasteiger partial charge in [-0.1, -0.05) is 0 Å². The van der Waals surface area contributed by atoms with Crippen molar-refractivity contribution < 1.29 is 9.53 Å². The molecule has 0 saturated carbocycles. The van der Waals surface area contributed by atoms with Crippen molar-refractivity contribution in [1.82, 2.24) is 4.90 Å². The minimum Gasteiger partial charge on any atom is -0.384 e. The number of primary amides is 1. The van der Waals surface area contributed by atoms with Gasteiger partial charge in [-0.25, -0.2) is 0 Å². The average Bonchev–Trinajstić information content (AvgIpc) is 2.73. The van der Waals surface area contributed by atoms with E-state index in [1.54, 1.807) is 14.0 Å². The van der Waals surface area contributed by atoms with Gasteiger partial charge in [0.05, 0.1) is 12.1 Å². The fourth-order valence-electron chi connectivity index (χ4n) is 2.44. The van der Waals surface area contributed by atoms with Crippen LogP contribution in [-0.4, -0.2) is 49.7 Å². The topological polar surface area (TPSA) is 81.6 Å². The zero-order valence-electron chi connectivity index (χ0n) is 11.7. The Balaban J connectivity index is 2.11. The van der Waals surface area contributed by atoms with E-state index in [4.69, 9.17) is 16.2 Å². The maximum absolute atomic E-state index is 11.1. The second kappa shape index (κ2) is 7.07. The normalized spacial score (nSPS) is 24.1. The summed E-state index contributed by atoms with van der Waals surface area (Å²) in [5, 5.41) is 0. The number of rotatable bonds is 8. The quantitative estimate of drug-likeness (QED) is 0.614. The molecule has 1 amide bonds. The summed E-state index contributed by atoms with van der Waals surface area (Å²) in [4.78, 5) is 13.5. The van der Waals surface area contributed by atoms with E-state index in [1.165, 1.54) is 6.42 Å². The van der Waals surface area contributed by atoms with Gasteiger partial charge in [-0.2, -0.15) is 0 Å². The summed E-state index contributed by atoms with van der Waals surface area (Å²) in [6.07, 6.45) is 3.91. The minimum absolute atomic E-state index is 0.413. The molecule has 2 atom stereocenters. The third-order valence-electron chi connectivity index (χ3n) is 3.76. The van der Waals surface area contributed by atoms with Gasteiger partial charge in [-0.3, -0.25) is 4.79 Å². The van der Waals surface area contributed by atoms with Gasteiger partial charge in [-0.05, 0) is 51.6 Å². The molecule has 2 unspecified atom stereocenters. The molecule has 0 aromatic heterocycles. The molecule has 0 radical (unpaired) electrons. The summed E-state index contributed by atoms with van der Waals surface area (Å²) in [5.74, 6) is 0.268. The van der Waals surface area contributed by atoms with Gasteiger partial charge < -0.3 is 21.1 Å². The zero-order valence-corrected chi connectivity index (χ0v) is 11.7. The number of amides is 1. The summed E-state index contributed by atoms with van der Waals surface area (Å²) in [5.41, 5.74) is 10.2. The van der Waals surface area contributed by atoms with E-state index in [0.717, 1.165) is 39.1 Å². The Bertz CT molecular complexity index is 269. The molecule has 0 aromatic carbocycles. The van der Waals surface area contributed by atoms with Crippen LogP contribution < -0.4 is 11.5 Å². The molecule has 5 heteroatoms. The Hall–Kier alpha value is -0.650. The monoisotopic (exact) mass is 257 g/mol. The van der Waals surface area contributed by atoms with Gasteiger partial charge in [0, 0.05) is 13.7 Å². The van der Waals surface area contributed by atoms with Crippen molar-refractivity contribution in [3.8, 4) is 0 Å². The second-order valence-electron chi connectivity index (χ2n) is 5.65. The third kappa shape index (κ3) is 4.92. The molecule has 1 saturated heterocycles. The van der Waals surface area contributed by atoms with Crippen LogP contribution in [-0.2, 0) is 9.53 Å². The number of likely N-dealkylation sites (tertiary alicyclic amines) is 1. The van der Waals surface area contributed by atoms with Gasteiger partial charge >= 0.3 is 0 Å². The standard InChI is InChI=1S/C13H27N3O2/c1-13(15,12(14)17)6-3-4-7-16-8-5-11(9-16)10-18-2/h11H,3-10,15H2,1-2H3,(H2,14,17). The number of ether oxygens (including phenoxy) is 1. The number of nitrogens with two attached hydrogens (primary N) is 2. The van der Waals surface area contributed by atoms with E-state index in [-0.39, 0.29) is 0 Å². The molecule has 1 heterocycles. The predicted molar refractivity (Wildman–Crippen MR) is 72.1 cm³/mol. The van der Waals surface area contributed by atoms with E-state index < -0.39 is 11.4 Å². The molecule has 1 aliphatic heterocycles. The Morgan fingerprint density at radius 3 is 2.83 bits per heavy atom. The highest BCUT2D eigenvalue weighted by Gasteiger charge is 2.25. The number of hydrogen-bond acceptors (Lipinski definition) is 4. The summed E-state index contributed by atoms with van der Waals surface area (Å²) in [7, 11) is 1.76. The molecule has 5 nitrogen and oxygen atoms in total. The van der Waals surface area contributed by atoms with Crippen LogP contribution in [0.3, 0.4) is 0 Å². The van der Waals surface area contributed by atoms with Crippen LogP contribution in [0.2, 0.25) is 0 Å². The van der Waals surface area contributed by atoms with Crippen LogP contribution >= 0.6 is 0 Å². The Morgan fingerprint density at radius 2 is 2.22 bits per heavy atom. The van der Waals surface area contributed by atoms with E-state index in [1.807, 2.05) is 0 Å². The molecule has 1 fully saturated rings. The summed E-state index contributed by atoms with van der Waals surface area (Å²) < 4.78 is 5.18. The van der Waals surface area contributed by atoms with Gasteiger partial charge in [0.1, 0.15) is 0 Å². The van der Waals surface area contributed by atoms with E-state index >= 15 is 0 Å².